The van der Waals surface area contributed by atoms with E-state index in [0.717, 1.165) is 38.8 Å². The third kappa shape index (κ3) is 1.11. The number of fused-ring (bicyclic) bond motifs is 2. The van der Waals surface area contributed by atoms with E-state index in [2.05, 4.69) is 20.8 Å². The molecule has 1 aliphatic heterocycles. The molecule has 3 rings (SSSR count). The molecule has 0 N–H and O–H groups in total. The van der Waals surface area contributed by atoms with Gasteiger partial charge in [-0.05, 0) is 31.1 Å². The van der Waals surface area contributed by atoms with E-state index in [1.54, 1.807) is 0 Å². The summed E-state index contributed by atoms with van der Waals surface area (Å²) in [6.45, 7) is 8.13. The Bertz CT molecular complexity index is 422. The van der Waals surface area contributed by atoms with Gasteiger partial charge in [-0.1, -0.05) is 20.8 Å². The third-order valence-corrected chi connectivity index (χ3v) is 6.51. The lowest BCUT2D eigenvalue weighted by atomic mass is 9.64. The first-order valence-electron chi connectivity index (χ1n) is 7.18. The summed E-state index contributed by atoms with van der Waals surface area (Å²) in [7, 11) is 0. The Morgan fingerprint density at radius 1 is 1.11 bits per heavy atom. The van der Waals surface area contributed by atoms with Gasteiger partial charge in [0.2, 0.25) is 5.91 Å². The van der Waals surface area contributed by atoms with Crippen molar-refractivity contribution in [3.63, 3.8) is 0 Å². The maximum absolute atomic E-state index is 12.9. The second-order valence-electron chi connectivity index (χ2n) is 7.14. The van der Waals surface area contributed by atoms with Crippen molar-refractivity contribution in [1.29, 1.82) is 0 Å². The lowest BCUT2D eigenvalue weighted by Crippen LogP contribution is -2.47. The van der Waals surface area contributed by atoms with Gasteiger partial charge in [0, 0.05) is 24.9 Å². The van der Waals surface area contributed by atoms with Gasteiger partial charge in [-0.25, -0.2) is 0 Å². The molecule has 3 nitrogen and oxygen atoms in total. The molecule has 2 saturated carbocycles. The van der Waals surface area contributed by atoms with Crippen LogP contribution in [0, 0.1) is 16.2 Å². The summed E-state index contributed by atoms with van der Waals surface area (Å²) >= 11 is 0. The lowest BCUT2D eigenvalue weighted by molar-refractivity contribution is -0.146. The molecule has 2 atom stereocenters. The molecule has 1 amide bonds. The number of amides is 1. The normalized spacial score (nSPS) is 41.7. The molecule has 3 fully saturated rings. The highest BCUT2D eigenvalue weighted by Gasteiger charge is 2.72. The zero-order valence-electron chi connectivity index (χ0n) is 11.7. The first-order valence-corrected chi connectivity index (χ1v) is 7.18. The maximum Gasteiger partial charge on any atom is 0.229 e. The second-order valence-corrected chi connectivity index (χ2v) is 7.14. The minimum absolute atomic E-state index is 0.184. The number of carbonyl (C=O) groups excluding carboxylic acids is 2. The van der Waals surface area contributed by atoms with E-state index in [0.29, 0.717) is 12.2 Å². The van der Waals surface area contributed by atoms with Gasteiger partial charge >= 0.3 is 0 Å². The first-order chi connectivity index (χ1) is 8.35. The van der Waals surface area contributed by atoms with Crippen LogP contribution in [0.3, 0.4) is 0 Å². The van der Waals surface area contributed by atoms with Crippen molar-refractivity contribution in [2.24, 2.45) is 16.2 Å². The van der Waals surface area contributed by atoms with Crippen molar-refractivity contribution in [1.82, 2.24) is 4.90 Å². The maximum atomic E-state index is 12.9. The Hall–Kier alpha value is -0.860. The first kappa shape index (κ1) is 12.2. The molecule has 1 heterocycles. The molecule has 1 saturated heterocycles. The van der Waals surface area contributed by atoms with Crippen molar-refractivity contribution in [3.8, 4) is 0 Å². The molecule has 0 aromatic carbocycles. The van der Waals surface area contributed by atoms with Crippen LogP contribution < -0.4 is 0 Å². The summed E-state index contributed by atoms with van der Waals surface area (Å²) in [4.78, 5) is 27.2. The zero-order chi connectivity index (χ0) is 13.2. The van der Waals surface area contributed by atoms with Crippen LogP contribution in [0.15, 0.2) is 0 Å². The Morgan fingerprint density at radius 3 is 2.17 bits per heavy atom. The molecule has 18 heavy (non-hydrogen) atoms. The fourth-order valence-corrected chi connectivity index (χ4v) is 4.56. The zero-order valence-corrected chi connectivity index (χ0v) is 11.7. The van der Waals surface area contributed by atoms with Gasteiger partial charge in [0.05, 0.1) is 5.41 Å². The average molecular weight is 249 g/mol. The van der Waals surface area contributed by atoms with E-state index >= 15 is 0 Å². The minimum Gasteiger partial charge on any atom is -0.342 e. The monoisotopic (exact) mass is 249 g/mol. The van der Waals surface area contributed by atoms with E-state index in [1.807, 2.05) is 4.90 Å². The standard InChI is InChI=1S/C15H23NO2/c1-13(2)14(3)6-7-15(13,10-11(14)17)12(18)16-8-4-5-9-16/h4-10H2,1-3H3/t14-,15+/m0/s1. The number of rotatable bonds is 1. The van der Waals surface area contributed by atoms with Crippen LogP contribution in [0.4, 0.5) is 0 Å². The summed E-state index contributed by atoms with van der Waals surface area (Å²) in [5.74, 6) is 0.575. The summed E-state index contributed by atoms with van der Waals surface area (Å²) < 4.78 is 0. The number of hydrogen-bond acceptors (Lipinski definition) is 2. The molecule has 0 radical (unpaired) electrons. The van der Waals surface area contributed by atoms with E-state index < -0.39 is 5.41 Å². The van der Waals surface area contributed by atoms with Crippen LogP contribution in [0.1, 0.15) is 52.9 Å². The van der Waals surface area contributed by atoms with Crippen LogP contribution in [0.25, 0.3) is 0 Å². The van der Waals surface area contributed by atoms with Crippen LogP contribution in [0.2, 0.25) is 0 Å². The van der Waals surface area contributed by atoms with Crippen molar-refractivity contribution >= 4 is 11.7 Å². The second kappa shape index (κ2) is 3.37. The quantitative estimate of drug-likeness (QED) is 0.715. The van der Waals surface area contributed by atoms with Crippen molar-refractivity contribution < 1.29 is 9.59 Å². The molecule has 3 aliphatic rings. The van der Waals surface area contributed by atoms with Gasteiger partial charge in [-0.15, -0.1) is 0 Å². The van der Waals surface area contributed by atoms with Gasteiger partial charge in [0.1, 0.15) is 5.78 Å². The number of hydrogen-bond donors (Lipinski definition) is 0. The summed E-state index contributed by atoms with van der Waals surface area (Å²) in [5.41, 5.74) is -0.859. The Kier molecular flexibility index (Phi) is 2.28. The van der Waals surface area contributed by atoms with Crippen LogP contribution >= 0.6 is 0 Å². The Labute approximate surface area is 109 Å². The van der Waals surface area contributed by atoms with Crippen LogP contribution in [0.5, 0.6) is 0 Å². The van der Waals surface area contributed by atoms with Gasteiger partial charge < -0.3 is 4.90 Å². The van der Waals surface area contributed by atoms with Crippen molar-refractivity contribution in [2.45, 2.75) is 52.9 Å². The number of likely N-dealkylation sites (tertiary alicyclic amines) is 1. The average Bonchev–Trinajstić information content (AvgIpc) is 2.93. The van der Waals surface area contributed by atoms with Gasteiger partial charge in [-0.3, -0.25) is 9.59 Å². The topological polar surface area (TPSA) is 37.4 Å². The molecular formula is C15H23NO2. The minimum atomic E-state index is -0.400. The number of Topliss-reactive ketones (excluding diaryl/α,β-unsaturated/α-hetero) is 1. The number of carbonyl (C=O) groups is 2. The molecule has 2 aliphatic carbocycles. The van der Waals surface area contributed by atoms with Crippen molar-refractivity contribution in [3.05, 3.63) is 0 Å². The van der Waals surface area contributed by atoms with Crippen LogP contribution in [-0.2, 0) is 9.59 Å². The highest BCUT2D eigenvalue weighted by molar-refractivity contribution is 5.99. The molecule has 0 unspecified atom stereocenters. The van der Waals surface area contributed by atoms with Gasteiger partial charge in [0.15, 0.2) is 0 Å². The molecule has 0 spiro atoms. The molecule has 3 heteroatoms. The third-order valence-electron chi connectivity index (χ3n) is 6.51. The highest BCUT2D eigenvalue weighted by atomic mass is 16.2. The summed E-state index contributed by atoms with van der Waals surface area (Å²) in [6.07, 6.45) is 4.50. The van der Waals surface area contributed by atoms with E-state index in [1.165, 1.54) is 0 Å². The summed E-state index contributed by atoms with van der Waals surface area (Å²) in [6, 6.07) is 0. The smallest absolute Gasteiger partial charge is 0.229 e. The predicted octanol–water partition coefficient (Wildman–Crippen LogP) is 2.39. The largest absolute Gasteiger partial charge is 0.342 e. The lowest BCUT2D eigenvalue weighted by Gasteiger charge is -2.40. The van der Waals surface area contributed by atoms with E-state index in [4.69, 9.17) is 0 Å². The highest BCUT2D eigenvalue weighted by Crippen LogP contribution is 2.71. The van der Waals surface area contributed by atoms with E-state index in [9.17, 15) is 9.59 Å². The van der Waals surface area contributed by atoms with Gasteiger partial charge in [-0.2, -0.15) is 0 Å². The number of ketones is 1. The molecular weight excluding hydrogens is 226 g/mol. The molecule has 0 aromatic heterocycles. The van der Waals surface area contributed by atoms with E-state index in [-0.39, 0.29) is 16.7 Å². The summed E-state index contributed by atoms with van der Waals surface area (Å²) in [5, 5.41) is 0. The fraction of sp³-hybridized carbons (Fsp3) is 0.867. The molecule has 2 bridgehead atoms. The number of nitrogens with zero attached hydrogens (tertiary/aromatic N) is 1. The van der Waals surface area contributed by atoms with Crippen LogP contribution in [-0.4, -0.2) is 29.7 Å². The van der Waals surface area contributed by atoms with Crippen molar-refractivity contribution in [2.75, 3.05) is 13.1 Å². The fourth-order valence-electron chi connectivity index (χ4n) is 4.56. The molecule has 100 valence electrons. The Balaban J connectivity index is 2.00. The Morgan fingerprint density at radius 2 is 1.72 bits per heavy atom. The predicted molar refractivity (Wildman–Crippen MR) is 69.0 cm³/mol. The SMILES string of the molecule is CC1(C)[C@]2(C(=O)N3CCCC3)CC[C@@]1(C)C(=O)C2. The van der Waals surface area contributed by atoms with Gasteiger partial charge in [0.25, 0.3) is 0 Å². The molecule has 0 aromatic rings.